The first-order valence-electron chi connectivity index (χ1n) is 9.91. The van der Waals surface area contributed by atoms with Crippen LogP contribution in [0.3, 0.4) is 0 Å². The van der Waals surface area contributed by atoms with Gasteiger partial charge in [0.1, 0.15) is 17.2 Å². The first-order chi connectivity index (χ1) is 14.6. The molecule has 2 aliphatic heterocycles. The second-order valence-corrected chi connectivity index (χ2v) is 7.81. The Morgan fingerprint density at radius 2 is 1.70 bits per heavy atom. The van der Waals surface area contributed by atoms with Gasteiger partial charge in [0.05, 0.1) is 12.7 Å². The fourth-order valence-corrected chi connectivity index (χ4v) is 4.37. The van der Waals surface area contributed by atoms with Crippen molar-refractivity contribution in [2.24, 2.45) is 0 Å². The van der Waals surface area contributed by atoms with E-state index in [1.54, 1.807) is 19.2 Å². The van der Waals surface area contributed by atoms with E-state index in [1.165, 1.54) is 12.1 Å². The van der Waals surface area contributed by atoms with Gasteiger partial charge in [0.25, 0.3) is 5.91 Å². The van der Waals surface area contributed by atoms with E-state index in [1.807, 2.05) is 53.4 Å². The highest BCUT2D eigenvalue weighted by atomic mass is 19.1. The number of hydrogen-bond donors (Lipinski definition) is 1. The topological polar surface area (TPSA) is 44.8 Å². The van der Waals surface area contributed by atoms with Crippen LogP contribution < -0.4 is 15.0 Å². The molecular weight excluding hydrogens is 381 g/mol. The van der Waals surface area contributed by atoms with E-state index in [4.69, 9.17) is 4.74 Å². The highest BCUT2D eigenvalue weighted by molar-refractivity contribution is 6.13. The summed E-state index contributed by atoms with van der Waals surface area (Å²) in [5.74, 6) is 0.494. The van der Waals surface area contributed by atoms with Crippen molar-refractivity contribution in [1.29, 1.82) is 0 Å². The standard InChI is InChI=1S/C24H22FN3O2/c1-30-20-12-10-19(11-13-20)28-23(29)21-4-2-3-5-22(21)26-24(28)15-27(16-24)14-17-6-8-18(25)9-7-17/h2-13,26H,14-16H2,1H3. The lowest BCUT2D eigenvalue weighted by atomic mass is 9.90. The zero-order chi connectivity index (χ0) is 20.7. The van der Waals surface area contributed by atoms with Gasteiger partial charge in [-0.1, -0.05) is 24.3 Å². The average molecular weight is 403 g/mol. The van der Waals surface area contributed by atoms with Crippen LogP contribution in [0.25, 0.3) is 0 Å². The molecule has 0 aromatic heterocycles. The minimum absolute atomic E-state index is 0.0176. The molecule has 0 bridgehead atoms. The molecule has 0 atom stereocenters. The van der Waals surface area contributed by atoms with Crippen molar-refractivity contribution >= 4 is 17.3 Å². The van der Waals surface area contributed by atoms with Crippen LogP contribution in [0.2, 0.25) is 0 Å². The van der Waals surface area contributed by atoms with Gasteiger partial charge in [-0.2, -0.15) is 0 Å². The summed E-state index contributed by atoms with van der Waals surface area (Å²) in [4.78, 5) is 17.6. The van der Waals surface area contributed by atoms with Crippen molar-refractivity contribution in [3.8, 4) is 5.75 Å². The van der Waals surface area contributed by atoms with Crippen molar-refractivity contribution in [3.63, 3.8) is 0 Å². The molecule has 0 aliphatic carbocycles. The van der Waals surface area contributed by atoms with Crippen LogP contribution in [0.5, 0.6) is 5.75 Å². The van der Waals surface area contributed by atoms with Crippen molar-refractivity contribution in [1.82, 2.24) is 4.90 Å². The Morgan fingerprint density at radius 3 is 2.40 bits per heavy atom. The molecule has 1 N–H and O–H groups in total. The molecule has 0 unspecified atom stereocenters. The molecule has 5 rings (SSSR count). The number of fused-ring (bicyclic) bond motifs is 1. The zero-order valence-corrected chi connectivity index (χ0v) is 16.6. The predicted molar refractivity (Wildman–Crippen MR) is 114 cm³/mol. The molecule has 3 aromatic carbocycles. The quantitative estimate of drug-likeness (QED) is 0.712. The van der Waals surface area contributed by atoms with Crippen molar-refractivity contribution < 1.29 is 13.9 Å². The van der Waals surface area contributed by atoms with Crippen LogP contribution in [0.15, 0.2) is 72.8 Å². The Labute approximate surface area is 174 Å². The summed E-state index contributed by atoms with van der Waals surface area (Å²) in [5, 5.41) is 3.61. The maximum absolute atomic E-state index is 13.5. The number of nitrogens with one attached hydrogen (secondary N) is 1. The molecule has 152 valence electrons. The Bertz CT molecular complexity index is 1080. The minimum atomic E-state index is -0.528. The number of methoxy groups -OCH3 is 1. The number of benzene rings is 3. The van der Waals surface area contributed by atoms with Gasteiger partial charge in [0.2, 0.25) is 0 Å². The minimum Gasteiger partial charge on any atom is -0.497 e. The second kappa shape index (κ2) is 7.15. The molecule has 30 heavy (non-hydrogen) atoms. The number of hydrogen-bond acceptors (Lipinski definition) is 4. The van der Waals surface area contributed by atoms with Gasteiger partial charge < -0.3 is 10.1 Å². The molecular formula is C24H22FN3O2. The summed E-state index contributed by atoms with van der Waals surface area (Å²) < 4.78 is 18.5. The summed E-state index contributed by atoms with van der Waals surface area (Å²) in [6.45, 7) is 2.03. The van der Waals surface area contributed by atoms with Gasteiger partial charge in [-0.05, 0) is 54.1 Å². The van der Waals surface area contributed by atoms with E-state index in [2.05, 4.69) is 10.2 Å². The number of ether oxygens (including phenoxy) is 1. The first kappa shape index (κ1) is 18.6. The van der Waals surface area contributed by atoms with Crippen LogP contribution >= 0.6 is 0 Å². The van der Waals surface area contributed by atoms with E-state index < -0.39 is 5.66 Å². The Hall–Kier alpha value is -3.38. The molecule has 5 nitrogen and oxygen atoms in total. The van der Waals surface area contributed by atoms with Crippen molar-refractivity contribution in [2.75, 3.05) is 30.4 Å². The summed E-state index contributed by atoms with van der Waals surface area (Å²) in [5.41, 5.74) is 2.86. The highest BCUT2D eigenvalue weighted by Crippen LogP contribution is 2.40. The number of halogens is 1. The lowest BCUT2D eigenvalue weighted by Crippen LogP contribution is -2.76. The maximum atomic E-state index is 13.5. The van der Waals surface area contributed by atoms with Crippen molar-refractivity contribution in [3.05, 3.63) is 89.7 Å². The SMILES string of the molecule is COc1ccc(N2C(=O)c3ccccc3NC23CN(Cc2ccc(F)cc2)C3)cc1. The van der Waals surface area contributed by atoms with Crippen LogP contribution in [0.4, 0.5) is 15.8 Å². The third-order valence-corrected chi connectivity index (χ3v) is 5.78. The molecule has 1 amide bonds. The van der Waals surface area contributed by atoms with E-state index in [-0.39, 0.29) is 11.7 Å². The summed E-state index contributed by atoms with van der Waals surface area (Å²) >= 11 is 0. The molecule has 3 aromatic rings. The Morgan fingerprint density at radius 1 is 1.00 bits per heavy atom. The number of nitrogens with zero attached hydrogens (tertiary/aromatic N) is 2. The lowest BCUT2D eigenvalue weighted by Gasteiger charge is -2.58. The van der Waals surface area contributed by atoms with E-state index in [0.29, 0.717) is 25.2 Å². The number of amides is 1. The third kappa shape index (κ3) is 3.09. The van der Waals surface area contributed by atoms with Gasteiger partial charge >= 0.3 is 0 Å². The van der Waals surface area contributed by atoms with Crippen LogP contribution in [-0.2, 0) is 6.54 Å². The third-order valence-electron chi connectivity index (χ3n) is 5.78. The number of carbonyl (C=O) groups is 1. The van der Waals surface area contributed by atoms with Gasteiger partial charge in [0.15, 0.2) is 0 Å². The van der Waals surface area contributed by atoms with Gasteiger partial charge in [-0.25, -0.2) is 4.39 Å². The van der Waals surface area contributed by atoms with Crippen LogP contribution in [-0.4, -0.2) is 36.7 Å². The lowest BCUT2D eigenvalue weighted by molar-refractivity contribution is 0.0609. The Kier molecular flexibility index (Phi) is 4.44. The number of carbonyl (C=O) groups excluding carboxylic acids is 1. The van der Waals surface area contributed by atoms with Gasteiger partial charge in [0, 0.05) is 31.0 Å². The van der Waals surface area contributed by atoms with Crippen molar-refractivity contribution in [2.45, 2.75) is 12.2 Å². The molecule has 0 radical (unpaired) electrons. The zero-order valence-electron chi connectivity index (χ0n) is 16.6. The summed E-state index contributed by atoms with van der Waals surface area (Å²) in [7, 11) is 1.62. The summed E-state index contributed by atoms with van der Waals surface area (Å²) in [6.07, 6.45) is 0. The maximum Gasteiger partial charge on any atom is 0.262 e. The first-order valence-corrected chi connectivity index (χ1v) is 9.91. The monoisotopic (exact) mass is 403 g/mol. The average Bonchev–Trinajstić information content (AvgIpc) is 2.74. The fraction of sp³-hybridized carbons (Fsp3) is 0.208. The van der Waals surface area contributed by atoms with Crippen LogP contribution in [0.1, 0.15) is 15.9 Å². The van der Waals surface area contributed by atoms with Gasteiger partial charge in [-0.3, -0.25) is 14.6 Å². The number of likely N-dealkylation sites (tertiary alicyclic amines) is 1. The second-order valence-electron chi connectivity index (χ2n) is 7.81. The molecule has 1 fully saturated rings. The molecule has 2 aliphatic rings. The predicted octanol–water partition coefficient (Wildman–Crippen LogP) is 4.12. The number of anilines is 2. The number of para-hydroxylation sites is 1. The fourth-order valence-electron chi connectivity index (χ4n) is 4.37. The van der Waals surface area contributed by atoms with E-state index in [0.717, 1.165) is 22.7 Å². The largest absolute Gasteiger partial charge is 0.497 e. The number of rotatable bonds is 4. The summed E-state index contributed by atoms with van der Waals surface area (Å²) in [6, 6.07) is 21.7. The molecule has 1 spiro atoms. The molecule has 1 saturated heterocycles. The highest BCUT2D eigenvalue weighted by Gasteiger charge is 2.53. The normalized spacial score (nSPS) is 17.3. The van der Waals surface area contributed by atoms with Crippen LogP contribution in [0, 0.1) is 5.82 Å². The molecule has 0 saturated carbocycles. The smallest absolute Gasteiger partial charge is 0.262 e. The van der Waals surface area contributed by atoms with Gasteiger partial charge in [-0.15, -0.1) is 0 Å². The van der Waals surface area contributed by atoms with E-state index in [9.17, 15) is 9.18 Å². The molecule has 6 heteroatoms. The van der Waals surface area contributed by atoms with E-state index >= 15 is 0 Å². The molecule has 2 heterocycles. The Balaban J connectivity index is 1.45.